The smallest absolute Gasteiger partial charge is 0.299 e. The zero-order valence-electron chi connectivity index (χ0n) is 24.4. The van der Waals surface area contributed by atoms with E-state index in [1.54, 1.807) is 43.3 Å². The first-order valence-corrected chi connectivity index (χ1v) is 15.5. The molecule has 232 valence electrons. The second kappa shape index (κ2) is 19.8. The number of hydrogen-bond donors (Lipinski definition) is 3. The Hall–Kier alpha value is -3.23. The van der Waals surface area contributed by atoms with Gasteiger partial charge in [-0.15, -0.1) is 0 Å². The van der Waals surface area contributed by atoms with E-state index in [4.69, 9.17) is 19.9 Å². The lowest BCUT2D eigenvalue weighted by Gasteiger charge is -2.10. The molecule has 0 aliphatic rings. The molecule has 0 aliphatic heterocycles. The van der Waals surface area contributed by atoms with Crippen molar-refractivity contribution in [2.75, 3.05) is 58.0 Å². The van der Waals surface area contributed by atoms with Gasteiger partial charge in [-0.1, -0.05) is 34.3 Å². The lowest BCUT2D eigenvalue weighted by molar-refractivity contribution is -0.124. The Bertz CT molecular complexity index is 1220. The first-order chi connectivity index (χ1) is 20.2. The van der Waals surface area contributed by atoms with Gasteiger partial charge in [-0.25, -0.2) is 0 Å². The van der Waals surface area contributed by atoms with E-state index in [2.05, 4.69) is 20.3 Å². The number of nitrogens with two attached hydrogens (primary N) is 1. The van der Waals surface area contributed by atoms with Gasteiger partial charge in [0.2, 0.25) is 11.8 Å². The summed E-state index contributed by atoms with van der Waals surface area (Å²) in [5.41, 5.74) is 7.52. The Balaban J connectivity index is 1.62. The van der Waals surface area contributed by atoms with Crippen molar-refractivity contribution >= 4 is 27.5 Å². The topological polar surface area (TPSA) is 171 Å². The zero-order chi connectivity index (χ0) is 30.6. The standard InChI is InChI=1S/C29H43N5O7S/c1-23-8-10-27(11-9-23)42(37,38)34-33-24(2)25-6-3-7-26(22-25)32-29(36)13-12-28(35)31-15-5-17-40-19-21-41-20-18-39-16-4-14-30/h3,6-11,22,24H,4-5,12-21,30H2,1-2H3,(H,31,35)(H,32,36). The van der Waals surface area contributed by atoms with Crippen LogP contribution in [0.5, 0.6) is 0 Å². The molecule has 2 rings (SSSR count). The van der Waals surface area contributed by atoms with Crippen LogP contribution in [0.1, 0.15) is 49.8 Å². The molecule has 0 saturated heterocycles. The maximum absolute atomic E-state index is 12.4. The zero-order valence-corrected chi connectivity index (χ0v) is 25.2. The molecular formula is C29H43N5O7S. The van der Waals surface area contributed by atoms with Crippen molar-refractivity contribution < 1.29 is 32.2 Å². The molecule has 13 heteroatoms. The van der Waals surface area contributed by atoms with Gasteiger partial charge >= 0.3 is 0 Å². The number of aryl methyl sites for hydroxylation is 1. The number of amides is 2. The van der Waals surface area contributed by atoms with E-state index in [1.807, 2.05) is 6.92 Å². The average molecular weight is 606 g/mol. The maximum atomic E-state index is 12.4. The Kier molecular flexibility index (Phi) is 16.5. The Morgan fingerprint density at radius 1 is 0.881 bits per heavy atom. The number of benzene rings is 2. The predicted molar refractivity (Wildman–Crippen MR) is 160 cm³/mol. The van der Waals surface area contributed by atoms with Gasteiger partial charge in [-0.3, -0.25) is 9.59 Å². The van der Waals surface area contributed by atoms with E-state index in [9.17, 15) is 18.0 Å². The van der Waals surface area contributed by atoms with Crippen LogP contribution in [-0.4, -0.2) is 73.0 Å². The van der Waals surface area contributed by atoms with Crippen LogP contribution < -0.4 is 16.4 Å². The number of anilines is 1. The third kappa shape index (κ3) is 14.6. The van der Waals surface area contributed by atoms with Crippen molar-refractivity contribution in [3.63, 3.8) is 0 Å². The number of sulfonamides is 1. The number of nitrogens with one attached hydrogen (secondary N) is 2. The Morgan fingerprint density at radius 2 is 1.50 bits per heavy atom. The molecular weight excluding hydrogens is 562 g/mol. The molecule has 2 amide bonds. The van der Waals surface area contributed by atoms with E-state index in [0.29, 0.717) is 70.4 Å². The van der Waals surface area contributed by atoms with Crippen molar-refractivity contribution in [1.82, 2.24) is 5.32 Å². The minimum Gasteiger partial charge on any atom is -0.379 e. The third-order valence-electron chi connectivity index (χ3n) is 5.90. The third-order valence-corrected chi connectivity index (χ3v) is 7.08. The molecule has 0 saturated carbocycles. The molecule has 1 atom stereocenters. The van der Waals surface area contributed by atoms with E-state index < -0.39 is 16.1 Å². The largest absolute Gasteiger partial charge is 0.379 e. The van der Waals surface area contributed by atoms with E-state index in [-0.39, 0.29) is 29.6 Å². The summed E-state index contributed by atoms with van der Waals surface area (Å²) in [4.78, 5) is 24.5. The van der Waals surface area contributed by atoms with Crippen molar-refractivity contribution in [3.8, 4) is 0 Å². The highest BCUT2D eigenvalue weighted by Crippen LogP contribution is 2.23. The van der Waals surface area contributed by atoms with Crippen LogP contribution in [0.4, 0.5) is 5.69 Å². The van der Waals surface area contributed by atoms with Crippen LogP contribution in [0.15, 0.2) is 63.1 Å². The first-order valence-electron chi connectivity index (χ1n) is 14.0. The molecule has 42 heavy (non-hydrogen) atoms. The maximum Gasteiger partial charge on any atom is 0.299 e. The molecule has 0 heterocycles. The number of rotatable bonds is 21. The van der Waals surface area contributed by atoms with Gasteiger partial charge in [-0.05, 0) is 63.1 Å². The fourth-order valence-corrected chi connectivity index (χ4v) is 4.34. The molecule has 12 nitrogen and oxygen atoms in total. The average Bonchev–Trinajstić information content (AvgIpc) is 2.97. The fraction of sp³-hybridized carbons (Fsp3) is 0.517. The van der Waals surface area contributed by atoms with Gasteiger partial charge in [0.15, 0.2) is 0 Å². The summed E-state index contributed by atoms with van der Waals surface area (Å²) in [6.07, 6.45) is 1.55. The monoisotopic (exact) mass is 605 g/mol. The second-order valence-electron chi connectivity index (χ2n) is 9.52. The minimum atomic E-state index is -3.91. The van der Waals surface area contributed by atoms with Gasteiger partial charge in [0.05, 0.1) is 37.4 Å². The number of ether oxygens (including phenoxy) is 3. The van der Waals surface area contributed by atoms with Gasteiger partial charge in [0.25, 0.3) is 10.0 Å². The Labute approximate surface area is 248 Å². The molecule has 0 aromatic heterocycles. The molecule has 0 spiro atoms. The SMILES string of the molecule is Cc1ccc(S(=O)(=O)N=NC(C)c2cccc(NC(=O)CCC(=O)NCCCOCCOCCOCCCN)c2)cc1. The Morgan fingerprint density at radius 3 is 2.17 bits per heavy atom. The summed E-state index contributed by atoms with van der Waals surface area (Å²) in [5, 5.41) is 9.50. The summed E-state index contributed by atoms with van der Waals surface area (Å²) < 4.78 is 44.7. The number of nitrogens with zero attached hydrogens (tertiary/aromatic N) is 2. The van der Waals surface area contributed by atoms with Crippen LogP contribution in [0.25, 0.3) is 0 Å². The van der Waals surface area contributed by atoms with E-state index in [0.717, 1.165) is 12.0 Å². The van der Waals surface area contributed by atoms with Gasteiger partial charge in [0.1, 0.15) is 0 Å². The van der Waals surface area contributed by atoms with Crippen molar-refractivity contribution in [2.45, 2.75) is 50.5 Å². The highest BCUT2D eigenvalue weighted by Gasteiger charge is 2.14. The quantitative estimate of drug-likeness (QED) is 0.143. The van der Waals surface area contributed by atoms with E-state index >= 15 is 0 Å². The fourth-order valence-electron chi connectivity index (χ4n) is 3.50. The van der Waals surface area contributed by atoms with Gasteiger partial charge in [0, 0.05) is 38.3 Å². The summed E-state index contributed by atoms with van der Waals surface area (Å²) in [5.74, 6) is -0.535. The number of carbonyl (C=O) groups is 2. The highest BCUT2D eigenvalue weighted by atomic mass is 32.2. The number of hydrogen-bond acceptors (Lipinski definition) is 9. The summed E-state index contributed by atoms with van der Waals surface area (Å²) in [7, 11) is -3.91. The van der Waals surface area contributed by atoms with Crippen LogP contribution in [0, 0.1) is 6.92 Å². The van der Waals surface area contributed by atoms with Crippen LogP contribution in [0.3, 0.4) is 0 Å². The van der Waals surface area contributed by atoms with Crippen molar-refractivity contribution in [1.29, 1.82) is 0 Å². The molecule has 4 N–H and O–H groups in total. The molecule has 0 fully saturated rings. The van der Waals surface area contributed by atoms with Crippen LogP contribution in [-0.2, 0) is 33.8 Å². The second-order valence-corrected chi connectivity index (χ2v) is 11.1. The normalized spacial score (nSPS) is 12.4. The summed E-state index contributed by atoms with van der Waals surface area (Å²) in [6, 6.07) is 12.7. The minimum absolute atomic E-state index is 0.0177. The highest BCUT2D eigenvalue weighted by molar-refractivity contribution is 7.90. The van der Waals surface area contributed by atoms with Crippen molar-refractivity contribution in [3.05, 3.63) is 59.7 Å². The van der Waals surface area contributed by atoms with Crippen LogP contribution in [0.2, 0.25) is 0 Å². The molecule has 0 aliphatic carbocycles. The summed E-state index contributed by atoms with van der Waals surface area (Å²) in [6.45, 7) is 7.75. The molecule has 1 unspecified atom stereocenters. The van der Waals surface area contributed by atoms with Crippen LogP contribution >= 0.6 is 0 Å². The van der Waals surface area contributed by atoms with Gasteiger partial charge in [-0.2, -0.15) is 13.5 Å². The van der Waals surface area contributed by atoms with Gasteiger partial charge < -0.3 is 30.6 Å². The number of carbonyl (C=O) groups excluding carboxylic acids is 2. The molecule has 2 aromatic carbocycles. The lowest BCUT2D eigenvalue weighted by atomic mass is 10.1. The van der Waals surface area contributed by atoms with Crippen molar-refractivity contribution in [2.24, 2.45) is 15.4 Å². The first kappa shape index (κ1) is 35.0. The molecule has 2 aromatic rings. The lowest BCUT2D eigenvalue weighted by Crippen LogP contribution is -2.26. The predicted octanol–water partition coefficient (Wildman–Crippen LogP) is 3.52. The molecule has 0 bridgehead atoms. The van der Waals surface area contributed by atoms with E-state index in [1.165, 1.54) is 12.1 Å². The summed E-state index contributed by atoms with van der Waals surface area (Å²) >= 11 is 0. The molecule has 0 radical (unpaired) electrons.